The monoisotopic (exact) mass is 262 g/mol. The number of methoxy groups -OCH3 is 1. The van der Waals surface area contributed by atoms with Gasteiger partial charge in [0, 0.05) is 13.5 Å². The number of alkyl halides is 3. The molecule has 0 saturated heterocycles. The first-order valence-electron chi connectivity index (χ1n) is 5.46. The summed E-state index contributed by atoms with van der Waals surface area (Å²) in [5.41, 5.74) is -0.716. The SMILES string of the molecule is COC1C(O)CC1Oc1ccc(C(F)(F)F)cc1. The van der Waals surface area contributed by atoms with Crippen molar-refractivity contribution < 1.29 is 27.8 Å². The minimum absolute atomic E-state index is 0.318. The van der Waals surface area contributed by atoms with Gasteiger partial charge >= 0.3 is 6.18 Å². The van der Waals surface area contributed by atoms with Crippen LogP contribution in [0.5, 0.6) is 5.75 Å². The van der Waals surface area contributed by atoms with E-state index >= 15 is 0 Å². The Bertz CT molecular complexity index is 402. The minimum atomic E-state index is -4.35. The van der Waals surface area contributed by atoms with E-state index in [-0.39, 0.29) is 6.10 Å². The summed E-state index contributed by atoms with van der Waals surface area (Å²) in [4.78, 5) is 0. The molecule has 3 nitrogen and oxygen atoms in total. The van der Waals surface area contributed by atoms with Crippen LogP contribution in [0.15, 0.2) is 24.3 Å². The Morgan fingerprint density at radius 2 is 1.83 bits per heavy atom. The summed E-state index contributed by atoms with van der Waals surface area (Å²) >= 11 is 0. The van der Waals surface area contributed by atoms with E-state index in [2.05, 4.69) is 0 Å². The third kappa shape index (κ3) is 2.59. The molecule has 1 saturated carbocycles. The second-order valence-corrected chi connectivity index (χ2v) is 4.18. The van der Waals surface area contributed by atoms with Crippen LogP contribution in [0.2, 0.25) is 0 Å². The predicted octanol–water partition coefficient (Wildman–Crippen LogP) is 2.23. The second-order valence-electron chi connectivity index (χ2n) is 4.18. The van der Waals surface area contributed by atoms with Gasteiger partial charge in [-0.25, -0.2) is 0 Å². The van der Waals surface area contributed by atoms with Crippen LogP contribution in [0.3, 0.4) is 0 Å². The average molecular weight is 262 g/mol. The maximum atomic E-state index is 12.3. The molecule has 0 aliphatic heterocycles. The lowest BCUT2D eigenvalue weighted by Gasteiger charge is -2.39. The van der Waals surface area contributed by atoms with Crippen LogP contribution in [-0.2, 0) is 10.9 Å². The van der Waals surface area contributed by atoms with Crippen LogP contribution < -0.4 is 4.74 Å². The molecule has 3 atom stereocenters. The topological polar surface area (TPSA) is 38.7 Å². The van der Waals surface area contributed by atoms with E-state index in [1.165, 1.54) is 19.2 Å². The fourth-order valence-corrected chi connectivity index (χ4v) is 1.88. The van der Waals surface area contributed by atoms with Gasteiger partial charge in [-0.3, -0.25) is 0 Å². The lowest BCUT2D eigenvalue weighted by molar-refractivity contribution is -0.149. The molecule has 3 unspecified atom stereocenters. The third-order valence-corrected chi connectivity index (χ3v) is 2.96. The fraction of sp³-hybridized carbons (Fsp3) is 0.500. The Kier molecular flexibility index (Phi) is 3.49. The summed E-state index contributed by atoms with van der Waals surface area (Å²) in [6.45, 7) is 0. The van der Waals surface area contributed by atoms with E-state index in [1.807, 2.05) is 0 Å². The molecule has 1 aliphatic carbocycles. The van der Waals surface area contributed by atoms with Gasteiger partial charge in [0.05, 0.1) is 11.7 Å². The van der Waals surface area contributed by atoms with Crippen molar-refractivity contribution in [1.29, 1.82) is 0 Å². The van der Waals surface area contributed by atoms with E-state index in [4.69, 9.17) is 9.47 Å². The van der Waals surface area contributed by atoms with Crippen molar-refractivity contribution in [1.82, 2.24) is 0 Å². The molecule has 0 heterocycles. The number of hydrogen-bond acceptors (Lipinski definition) is 3. The summed E-state index contributed by atoms with van der Waals surface area (Å²) in [6.07, 6.45) is -5.25. The smallest absolute Gasteiger partial charge is 0.416 e. The van der Waals surface area contributed by atoms with Crippen LogP contribution in [0.1, 0.15) is 12.0 Å². The number of ether oxygens (including phenoxy) is 2. The summed E-state index contributed by atoms with van der Waals surface area (Å²) in [5.74, 6) is 0.335. The van der Waals surface area contributed by atoms with E-state index in [9.17, 15) is 18.3 Å². The van der Waals surface area contributed by atoms with Crippen molar-refractivity contribution in [3.63, 3.8) is 0 Å². The van der Waals surface area contributed by atoms with E-state index in [0.717, 1.165) is 12.1 Å². The molecule has 1 aromatic carbocycles. The van der Waals surface area contributed by atoms with Crippen LogP contribution in [0, 0.1) is 0 Å². The molecule has 0 radical (unpaired) electrons. The predicted molar refractivity (Wildman–Crippen MR) is 57.3 cm³/mol. The maximum Gasteiger partial charge on any atom is 0.416 e. The van der Waals surface area contributed by atoms with Crippen molar-refractivity contribution in [3.05, 3.63) is 29.8 Å². The van der Waals surface area contributed by atoms with Gasteiger partial charge in [-0.15, -0.1) is 0 Å². The highest BCUT2D eigenvalue weighted by Gasteiger charge is 2.42. The van der Waals surface area contributed by atoms with Gasteiger partial charge in [0.2, 0.25) is 0 Å². The Balaban J connectivity index is 1.99. The molecule has 0 bridgehead atoms. The number of benzene rings is 1. The van der Waals surface area contributed by atoms with Gasteiger partial charge in [0.25, 0.3) is 0 Å². The quantitative estimate of drug-likeness (QED) is 0.907. The largest absolute Gasteiger partial charge is 0.488 e. The van der Waals surface area contributed by atoms with E-state index in [1.54, 1.807) is 0 Å². The Morgan fingerprint density at radius 3 is 2.28 bits per heavy atom. The number of aliphatic hydroxyl groups is 1. The lowest BCUT2D eigenvalue weighted by Crippen LogP contribution is -2.54. The molecular weight excluding hydrogens is 249 g/mol. The molecule has 0 spiro atoms. The van der Waals surface area contributed by atoms with Gasteiger partial charge in [0.15, 0.2) is 0 Å². The highest BCUT2D eigenvalue weighted by atomic mass is 19.4. The highest BCUT2D eigenvalue weighted by molar-refractivity contribution is 5.29. The molecule has 1 aromatic rings. The van der Waals surface area contributed by atoms with Crippen LogP contribution in [0.25, 0.3) is 0 Å². The third-order valence-electron chi connectivity index (χ3n) is 2.96. The molecule has 1 aliphatic rings. The van der Waals surface area contributed by atoms with Crippen molar-refractivity contribution in [3.8, 4) is 5.75 Å². The molecule has 0 amide bonds. The van der Waals surface area contributed by atoms with Crippen molar-refractivity contribution in [2.75, 3.05) is 7.11 Å². The first kappa shape index (κ1) is 13.2. The number of hydrogen-bond donors (Lipinski definition) is 1. The zero-order valence-corrected chi connectivity index (χ0v) is 9.65. The van der Waals surface area contributed by atoms with E-state index in [0.29, 0.717) is 12.2 Å². The number of aliphatic hydroxyl groups excluding tert-OH is 1. The zero-order chi connectivity index (χ0) is 13.3. The highest BCUT2D eigenvalue weighted by Crippen LogP contribution is 2.32. The van der Waals surface area contributed by atoms with Crippen LogP contribution in [-0.4, -0.2) is 30.5 Å². The average Bonchev–Trinajstić information content (AvgIpc) is 2.28. The number of rotatable bonds is 3. The molecule has 18 heavy (non-hydrogen) atoms. The molecule has 1 N–H and O–H groups in total. The van der Waals surface area contributed by atoms with Gasteiger partial charge in [-0.1, -0.05) is 0 Å². The van der Waals surface area contributed by atoms with E-state index < -0.39 is 23.9 Å². The molecule has 0 aromatic heterocycles. The summed E-state index contributed by atoms with van der Waals surface area (Å²) in [6, 6.07) is 4.46. The van der Waals surface area contributed by atoms with Crippen molar-refractivity contribution in [2.45, 2.75) is 30.9 Å². The van der Waals surface area contributed by atoms with Crippen molar-refractivity contribution in [2.24, 2.45) is 0 Å². The van der Waals surface area contributed by atoms with Crippen molar-refractivity contribution >= 4 is 0 Å². The summed E-state index contributed by atoms with van der Waals surface area (Å²) in [7, 11) is 1.45. The molecule has 1 fully saturated rings. The first-order chi connectivity index (χ1) is 8.41. The van der Waals surface area contributed by atoms with Crippen LogP contribution >= 0.6 is 0 Å². The summed E-state index contributed by atoms with van der Waals surface area (Å²) in [5, 5.41) is 9.35. The molecule has 6 heteroatoms. The Hall–Kier alpha value is -1.27. The molecule has 2 rings (SSSR count). The Labute approximate surface area is 102 Å². The maximum absolute atomic E-state index is 12.3. The van der Waals surface area contributed by atoms with Crippen LogP contribution in [0.4, 0.5) is 13.2 Å². The van der Waals surface area contributed by atoms with Gasteiger partial charge < -0.3 is 14.6 Å². The van der Waals surface area contributed by atoms with Gasteiger partial charge in [-0.05, 0) is 24.3 Å². The van der Waals surface area contributed by atoms with Gasteiger partial charge in [0.1, 0.15) is 18.0 Å². The molecule has 100 valence electrons. The standard InChI is InChI=1S/C12H13F3O3/c1-17-11-9(16)6-10(11)18-8-4-2-7(3-5-8)12(13,14)15/h2-5,9-11,16H,6H2,1H3. The molecular formula is C12H13F3O3. The summed E-state index contributed by atoms with van der Waals surface area (Å²) < 4.78 is 47.4. The lowest BCUT2D eigenvalue weighted by atomic mass is 9.88. The minimum Gasteiger partial charge on any atom is -0.488 e. The van der Waals surface area contributed by atoms with Gasteiger partial charge in [-0.2, -0.15) is 13.2 Å². The fourth-order valence-electron chi connectivity index (χ4n) is 1.88. The zero-order valence-electron chi connectivity index (χ0n) is 9.65. The Morgan fingerprint density at radius 1 is 1.22 bits per heavy atom. The number of halogens is 3. The second kappa shape index (κ2) is 4.78. The normalized spacial score (nSPS) is 27.7. The first-order valence-corrected chi connectivity index (χ1v) is 5.46.